The zero-order valence-electron chi connectivity index (χ0n) is 13.8. The Morgan fingerprint density at radius 1 is 1.35 bits per heavy atom. The van der Waals surface area contributed by atoms with Gasteiger partial charge in [-0.3, -0.25) is 9.78 Å². The van der Waals surface area contributed by atoms with Gasteiger partial charge in [-0.25, -0.2) is 19.3 Å². The number of oxazole rings is 1. The number of nitrogen functional groups attached to an aromatic ring is 1. The summed E-state index contributed by atoms with van der Waals surface area (Å²) in [7, 11) is 0. The Morgan fingerprint density at radius 3 is 2.96 bits per heavy atom. The van der Waals surface area contributed by atoms with Gasteiger partial charge in [-0.05, 0) is 13.0 Å². The number of pyridine rings is 1. The van der Waals surface area contributed by atoms with Gasteiger partial charge in [0, 0.05) is 18.2 Å². The van der Waals surface area contributed by atoms with Crippen molar-refractivity contribution in [2.45, 2.75) is 25.6 Å². The number of fused-ring (bicyclic) bond motifs is 1. The molecule has 0 unspecified atom stereocenters. The quantitative estimate of drug-likeness (QED) is 0.740. The molecule has 0 radical (unpaired) electrons. The summed E-state index contributed by atoms with van der Waals surface area (Å²) in [6, 6.07) is 2.80. The standard InChI is InChI=1S/C17H15FN6O2/c1-8-12(17-21-5-6-26-17)24-15(19)14(22-8)16(25)23-11-7-10(18)9-3-2-4-20-13(9)11/h2-6,10-11H,7H2,1H3,(H2,19,24)(H,23,25)/t10-,11-/m0/s1. The van der Waals surface area contributed by atoms with Crippen LogP contribution in [0.5, 0.6) is 0 Å². The van der Waals surface area contributed by atoms with Crippen molar-refractivity contribution in [3.8, 4) is 11.6 Å². The van der Waals surface area contributed by atoms with Crippen molar-refractivity contribution in [2.75, 3.05) is 5.73 Å². The summed E-state index contributed by atoms with van der Waals surface area (Å²) in [5.41, 5.74) is 7.69. The van der Waals surface area contributed by atoms with Crippen LogP contribution in [0.1, 0.15) is 46.1 Å². The fourth-order valence-corrected chi connectivity index (χ4v) is 3.03. The topological polar surface area (TPSA) is 120 Å². The average molecular weight is 354 g/mol. The molecular weight excluding hydrogens is 339 g/mol. The normalized spacial score (nSPS) is 18.5. The van der Waals surface area contributed by atoms with Crippen molar-refractivity contribution in [2.24, 2.45) is 0 Å². The van der Waals surface area contributed by atoms with Gasteiger partial charge in [-0.15, -0.1) is 0 Å². The lowest BCUT2D eigenvalue weighted by Crippen LogP contribution is -2.29. The lowest BCUT2D eigenvalue weighted by Gasteiger charge is -2.14. The van der Waals surface area contributed by atoms with E-state index in [0.717, 1.165) is 0 Å². The van der Waals surface area contributed by atoms with Crippen molar-refractivity contribution < 1.29 is 13.6 Å². The van der Waals surface area contributed by atoms with Crippen molar-refractivity contribution in [3.05, 3.63) is 53.4 Å². The third-order valence-corrected chi connectivity index (χ3v) is 4.23. The number of nitrogens with two attached hydrogens (primary N) is 1. The van der Waals surface area contributed by atoms with Crippen LogP contribution in [-0.4, -0.2) is 25.8 Å². The summed E-state index contributed by atoms with van der Waals surface area (Å²) in [6.45, 7) is 1.67. The molecule has 3 aromatic heterocycles. The molecule has 1 aliphatic rings. The van der Waals surface area contributed by atoms with Crippen LogP contribution in [0.15, 0.2) is 35.2 Å². The first-order valence-corrected chi connectivity index (χ1v) is 7.98. The van der Waals surface area contributed by atoms with E-state index in [9.17, 15) is 9.18 Å². The monoisotopic (exact) mass is 354 g/mol. The van der Waals surface area contributed by atoms with Crippen LogP contribution in [0.4, 0.5) is 10.2 Å². The van der Waals surface area contributed by atoms with E-state index in [2.05, 4.69) is 25.3 Å². The van der Waals surface area contributed by atoms with E-state index in [1.54, 1.807) is 25.3 Å². The van der Waals surface area contributed by atoms with Gasteiger partial charge in [0.25, 0.3) is 5.91 Å². The Hall–Kier alpha value is -3.36. The van der Waals surface area contributed by atoms with Gasteiger partial charge >= 0.3 is 0 Å². The van der Waals surface area contributed by atoms with Crippen molar-refractivity contribution >= 4 is 11.7 Å². The highest BCUT2D eigenvalue weighted by atomic mass is 19.1. The van der Waals surface area contributed by atoms with Crippen LogP contribution in [0.2, 0.25) is 0 Å². The number of aryl methyl sites for hydroxylation is 1. The summed E-state index contributed by atoms with van der Waals surface area (Å²) >= 11 is 0. The highest BCUT2D eigenvalue weighted by Crippen LogP contribution is 2.39. The number of nitrogens with zero attached hydrogens (tertiary/aromatic N) is 4. The Labute approximate surface area is 147 Å². The number of hydrogen-bond donors (Lipinski definition) is 2. The molecule has 0 spiro atoms. The summed E-state index contributed by atoms with van der Waals surface area (Å²) in [5.74, 6) is -0.326. The first-order valence-electron chi connectivity index (χ1n) is 7.98. The molecule has 0 aromatic carbocycles. The molecule has 0 fully saturated rings. The molecule has 3 heterocycles. The van der Waals surface area contributed by atoms with Crippen molar-refractivity contribution in [3.63, 3.8) is 0 Å². The number of hydrogen-bond acceptors (Lipinski definition) is 7. The third kappa shape index (κ3) is 2.67. The molecule has 8 nitrogen and oxygen atoms in total. The molecule has 26 heavy (non-hydrogen) atoms. The SMILES string of the molecule is Cc1nc(C(=O)N[C@H]2C[C@H](F)c3cccnc32)c(N)nc1-c1ncco1. The molecule has 0 aliphatic heterocycles. The van der Waals surface area contributed by atoms with Gasteiger partial charge in [-0.1, -0.05) is 6.07 Å². The molecule has 1 aliphatic carbocycles. The molecule has 3 aromatic rings. The molecular formula is C17H15FN6O2. The largest absolute Gasteiger partial charge is 0.443 e. The summed E-state index contributed by atoms with van der Waals surface area (Å²) in [6.07, 6.45) is 3.41. The van der Waals surface area contributed by atoms with E-state index in [-0.39, 0.29) is 23.8 Å². The summed E-state index contributed by atoms with van der Waals surface area (Å²) in [5, 5.41) is 2.74. The Bertz CT molecular complexity index is 975. The zero-order valence-corrected chi connectivity index (χ0v) is 13.8. The lowest BCUT2D eigenvalue weighted by molar-refractivity contribution is 0.0927. The number of nitrogens with one attached hydrogen (secondary N) is 1. The second-order valence-corrected chi connectivity index (χ2v) is 5.94. The van der Waals surface area contributed by atoms with Crippen LogP contribution in [0.25, 0.3) is 11.6 Å². The Balaban J connectivity index is 1.61. The molecule has 0 saturated heterocycles. The molecule has 132 valence electrons. The highest BCUT2D eigenvalue weighted by molar-refractivity contribution is 5.97. The minimum absolute atomic E-state index is 0.0300. The number of rotatable bonds is 3. The number of halogens is 1. The minimum atomic E-state index is -1.17. The summed E-state index contributed by atoms with van der Waals surface area (Å²) < 4.78 is 19.3. The first-order chi connectivity index (χ1) is 12.5. The van der Waals surface area contributed by atoms with Crippen molar-refractivity contribution in [1.82, 2.24) is 25.3 Å². The first kappa shape index (κ1) is 16.1. The number of carbonyl (C=O) groups is 1. The van der Waals surface area contributed by atoms with E-state index in [1.807, 2.05) is 0 Å². The van der Waals surface area contributed by atoms with Crippen LogP contribution in [-0.2, 0) is 0 Å². The minimum Gasteiger partial charge on any atom is -0.443 e. The molecule has 3 N–H and O–H groups in total. The zero-order chi connectivity index (χ0) is 18.3. The third-order valence-electron chi connectivity index (χ3n) is 4.23. The van der Waals surface area contributed by atoms with Crippen molar-refractivity contribution in [1.29, 1.82) is 0 Å². The van der Waals surface area contributed by atoms with E-state index >= 15 is 0 Å². The van der Waals surface area contributed by atoms with Crippen LogP contribution < -0.4 is 11.1 Å². The van der Waals surface area contributed by atoms with Gasteiger partial charge in [-0.2, -0.15) is 0 Å². The smallest absolute Gasteiger partial charge is 0.274 e. The molecule has 1 amide bonds. The second kappa shape index (κ2) is 6.17. The molecule has 4 rings (SSSR count). The number of anilines is 1. The van der Waals surface area contributed by atoms with Gasteiger partial charge < -0.3 is 15.5 Å². The maximum absolute atomic E-state index is 14.1. The van der Waals surface area contributed by atoms with Crippen LogP contribution in [0.3, 0.4) is 0 Å². The number of aromatic nitrogens is 4. The van der Waals surface area contributed by atoms with E-state index in [4.69, 9.17) is 10.2 Å². The summed E-state index contributed by atoms with van der Waals surface area (Å²) in [4.78, 5) is 29.2. The molecule has 0 bridgehead atoms. The van der Waals surface area contributed by atoms with Gasteiger partial charge in [0.05, 0.1) is 23.6 Å². The van der Waals surface area contributed by atoms with Crippen LogP contribution >= 0.6 is 0 Å². The fraction of sp³-hybridized carbons (Fsp3) is 0.235. The Kier molecular flexibility index (Phi) is 3.83. The fourth-order valence-electron chi connectivity index (χ4n) is 3.03. The molecule has 0 saturated carbocycles. The predicted octanol–water partition coefficient (Wildman–Crippen LogP) is 2.30. The molecule has 9 heteroatoms. The number of alkyl halides is 1. The predicted molar refractivity (Wildman–Crippen MR) is 89.6 cm³/mol. The van der Waals surface area contributed by atoms with Gasteiger partial charge in [0.15, 0.2) is 11.5 Å². The highest BCUT2D eigenvalue weighted by Gasteiger charge is 2.34. The molecule has 2 atom stereocenters. The number of amides is 1. The van der Waals surface area contributed by atoms with E-state index < -0.39 is 18.1 Å². The number of carbonyl (C=O) groups excluding carboxylic acids is 1. The second-order valence-electron chi connectivity index (χ2n) is 5.94. The lowest BCUT2D eigenvalue weighted by atomic mass is 10.2. The van der Waals surface area contributed by atoms with Gasteiger partial charge in [0.1, 0.15) is 18.1 Å². The maximum Gasteiger partial charge on any atom is 0.274 e. The van der Waals surface area contributed by atoms with E-state index in [1.165, 1.54) is 12.5 Å². The van der Waals surface area contributed by atoms with Crippen LogP contribution in [0, 0.1) is 6.92 Å². The Morgan fingerprint density at radius 2 is 2.19 bits per heavy atom. The van der Waals surface area contributed by atoms with Gasteiger partial charge in [0.2, 0.25) is 5.89 Å². The van der Waals surface area contributed by atoms with E-state index in [0.29, 0.717) is 22.6 Å². The average Bonchev–Trinajstić information content (AvgIpc) is 3.26. The maximum atomic E-state index is 14.1.